The Kier molecular flexibility index (Phi) is 27.3. The maximum absolute atomic E-state index is 16.6. The van der Waals surface area contributed by atoms with Crippen LogP contribution in [0.25, 0.3) is 11.0 Å². The number of esters is 6. The number of nitrogens with two attached hydrogens (primary N) is 6. The number of benzene rings is 2. The Morgan fingerprint density at radius 3 is 1.50 bits per heavy atom. The average Bonchev–Trinajstić information content (AvgIpc) is 0.776. The topological polar surface area (TPSA) is 510 Å². The summed E-state index contributed by atoms with van der Waals surface area (Å²) in [5.74, 6) is -22.5. The molecule has 8 atom stereocenters. The summed E-state index contributed by atoms with van der Waals surface area (Å²) in [6.07, 6.45) is -8.21. The van der Waals surface area contributed by atoms with E-state index in [4.69, 9.17) is 62.8 Å². The predicted molar refractivity (Wildman–Crippen MR) is 316 cm³/mol. The zero-order valence-electron chi connectivity index (χ0n) is 50.6. The number of imide groups is 1. The third kappa shape index (κ3) is 17.2. The first-order chi connectivity index (χ1) is 42.7. The molecule has 0 aliphatic carbocycles. The van der Waals surface area contributed by atoms with Gasteiger partial charge in [-0.05, 0) is 86.6 Å². The molecule has 488 valence electrons. The van der Waals surface area contributed by atoms with Gasteiger partial charge in [-0.15, -0.1) is 0 Å². The van der Waals surface area contributed by atoms with E-state index in [-0.39, 0.29) is 27.8 Å². The number of amides is 3. The third-order valence-electron chi connectivity index (χ3n) is 15.2. The number of aromatic amines is 1. The van der Waals surface area contributed by atoms with Gasteiger partial charge in [0.2, 0.25) is 23.3 Å². The number of carbonyl (C=O) groups is 13. The summed E-state index contributed by atoms with van der Waals surface area (Å²) in [4.78, 5) is 201. The van der Waals surface area contributed by atoms with Crippen molar-refractivity contribution in [1.82, 2.24) is 25.2 Å². The number of nitrogens with zero attached hydrogens (tertiary/aromatic N) is 3. The number of aliphatic carboxylic acids is 1. The Morgan fingerprint density at radius 2 is 1.03 bits per heavy atom. The van der Waals surface area contributed by atoms with Crippen molar-refractivity contribution in [3.05, 3.63) is 83.0 Å². The number of Topliss-reactive ketones (excluding diaryl/α,β-unsaturated/α-hetero) is 3. The van der Waals surface area contributed by atoms with Gasteiger partial charge in [0, 0.05) is 43.9 Å². The van der Waals surface area contributed by atoms with Crippen molar-refractivity contribution in [3.8, 4) is 0 Å². The molecule has 90 heavy (non-hydrogen) atoms. The molecule has 0 aliphatic rings. The number of rotatable bonds is 36. The maximum Gasteiger partial charge on any atom is 0.341 e. The van der Waals surface area contributed by atoms with Crippen LogP contribution in [0.2, 0.25) is 0 Å². The van der Waals surface area contributed by atoms with Crippen LogP contribution in [0.4, 0.5) is 11.8 Å². The second-order valence-corrected chi connectivity index (χ2v) is 20.8. The number of hydrogen-bond acceptors (Lipinski definition) is 27. The highest BCUT2D eigenvalue weighted by Crippen LogP contribution is 2.51. The molecule has 2 heterocycles. The molecule has 2 aromatic heterocycles. The van der Waals surface area contributed by atoms with Gasteiger partial charge < -0.3 is 78.2 Å². The van der Waals surface area contributed by atoms with Crippen LogP contribution in [-0.2, 0) is 105 Å². The number of ether oxygens (including phenoxy) is 6. The lowest BCUT2D eigenvalue weighted by Crippen LogP contribution is -2.79. The van der Waals surface area contributed by atoms with Crippen LogP contribution < -0.4 is 39.7 Å². The lowest BCUT2D eigenvalue weighted by atomic mass is 9.52. The Bertz CT molecular complexity index is 3250. The number of carbonyl (C=O) groups excluding carboxylic acids is 12. The molecule has 31 nitrogen and oxygen atoms in total. The molecule has 4 rings (SSSR count). The van der Waals surface area contributed by atoms with Crippen molar-refractivity contribution in [3.63, 3.8) is 0 Å². The van der Waals surface area contributed by atoms with Crippen molar-refractivity contribution < 1.29 is 95.9 Å². The number of aryl methyl sites for hydroxylation is 2. The van der Waals surface area contributed by atoms with Gasteiger partial charge >= 0.3 is 41.8 Å². The summed E-state index contributed by atoms with van der Waals surface area (Å²) in [6, 6.07) is 4.17. The van der Waals surface area contributed by atoms with E-state index in [9.17, 15) is 38.7 Å². The minimum Gasteiger partial charge on any atom is -0.481 e. The molecule has 0 bridgehead atoms. The predicted octanol–water partition coefficient (Wildman–Crippen LogP) is -0.625. The second-order valence-electron chi connectivity index (χ2n) is 20.8. The molecular formula is C59H77N11O20. The monoisotopic (exact) mass is 1260 g/mol. The van der Waals surface area contributed by atoms with E-state index in [0.29, 0.717) is 37.4 Å². The maximum atomic E-state index is 16.6. The van der Waals surface area contributed by atoms with E-state index in [2.05, 4.69) is 20.3 Å². The minimum atomic E-state index is -4.25. The molecule has 2 aromatic carbocycles. The first-order valence-electron chi connectivity index (χ1n) is 28.2. The molecule has 0 aliphatic heterocycles. The zero-order chi connectivity index (χ0) is 67.2. The van der Waals surface area contributed by atoms with Gasteiger partial charge in [0.05, 0.1) is 54.0 Å². The summed E-state index contributed by atoms with van der Waals surface area (Å²) in [5, 5.41) is 14.9. The highest BCUT2D eigenvalue weighted by Gasteiger charge is 2.77. The SMILES string of the molecule is COC(=O)[C@H](CCC(=O)C(C(=O)CC[C@H](N)C(=O)OC)(C(Cc1ccccc1)C(=O)O)[C@@](C(=O)CC[C@H](N)C(=O)OC)(C(=O)OC)N(C(=O)CC[C@H](N)C(=O)OC)C(=O)CC[C@H](N)C(=O)OC)NC(=O)c1ccc(CCCc2c[nH]c3nc(N)nc(N)c23)cc1. The number of nitrogens with one attached hydrogen (secondary N) is 2. The first-order valence-corrected chi connectivity index (χ1v) is 28.2. The molecule has 0 spiro atoms. The lowest BCUT2D eigenvalue weighted by molar-refractivity contribution is -0.194. The number of hydrogen-bond donors (Lipinski definition) is 9. The molecule has 0 radical (unpaired) electrons. The Labute approximate surface area is 516 Å². The van der Waals surface area contributed by atoms with Gasteiger partial charge in [0.1, 0.15) is 47.1 Å². The van der Waals surface area contributed by atoms with Gasteiger partial charge in [-0.1, -0.05) is 42.5 Å². The molecule has 3 amide bonds. The fourth-order valence-electron chi connectivity index (χ4n) is 10.6. The van der Waals surface area contributed by atoms with E-state index < -0.39 is 195 Å². The van der Waals surface area contributed by atoms with Crippen molar-refractivity contribution in [2.75, 3.05) is 54.1 Å². The van der Waals surface area contributed by atoms with Gasteiger partial charge in [-0.25, -0.2) is 9.59 Å². The molecule has 31 heteroatoms. The second kappa shape index (κ2) is 33.7. The number of aromatic nitrogens is 3. The van der Waals surface area contributed by atoms with Gasteiger partial charge in [-0.2, -0.15) is 9.97 Å². The smallest absolute Gasteiger partial charge is 0.341 e. The van der Waals surface area contributed by atoms with E-state index in [1.54, 1.807) is 18.3 Å². The Morgan fingerprint density at radius 1 is 0.567 bits per heavy atom. The number of fused-ring (bicyclic) bond motifs is 1. The Balaban J connectivity index is 2.08. The van der Waals surface area contributed by atoms with E-state index in [0.717, 1.165) is 46.7 Å². The summed E-state index contributed by atoms with van der Waals surface area (Å²) in [5.41, 5.74) is 29.9. The van der Waals surface area contributed by atoms with Crippen LogP contribution in [0.15, 0.2) is 60.8 Å². The van der Waals surface area contributed by atoms with Crippen molar-refractivity contribution in [2.45, 2.75) is 126 Å². The average molecular weight is 1260 g/mol. The molecular weight excluding hydrogens is 1180 g/mol. The minimum absolute atomic E-state index is 0.00218. The fraction of sp³-hybridized carbons (Fsp3) is 0.475. The van der Waals surface area contributed by atoms with Crippen molar-refractivity contribution in [1.29, 1.82) is 0 Å². The van der Waals surface area contributed by atoms with Gasteiger partial charge in [0.15, 0.2) is 17.3 Å². The highest BCUT2D eigenvalue weighted by molar-refractivity contribution is 6.27. The number of carboxylic acid groups (broad SMARTS) is 1. The van der Waals surface area contributed by atoms with Crippen LogP contribution in [0.3, 0.4) is 0 Å². The number of H-pyrrole nitrogens is 1. The molecule has 0 fully saturated rings. The third-order valence-corrected chi connectivity index (χ3v) is 15.2. The number of anilines is 2. The van der Waals surface area contributed by atoms with E-state index in [1.807, 2.05) is 0 Å². The first kappa shape index (κ1) is 72.9. The molecule has 4 aromatic rings. The fourth-order valence-corrected chi connectivity index (χ4v) is 10.6. The molecule has 2 unspecified atom stereocenters. The highest BCUT2D eigenvalue weighted by atomic mass is 16.5. The molecule has 0 saturated heterocycles. The summed E-state index contributed by atoms with van der Waals surface area (Å²) < 4.78 is 29.2. The molecule has 15 N–H and O–H groups in total. The quantitative estimate of drug-likeness (QED) is 0.0156. The van der Waals surface area contributed by atoms with Crippen LogP contribution in [-0.4, -0.2) is 180 Å². The van der Waals surface area contributed by atoms with Gasteiger partial charge in [-0.3, -0.25) is 57.6 Å². The van der Waals surface area contributed by atoms with Crippen molar-refractivity contribution in [2.24, 2.45) is 34.3 Å². The number of nitrogen functional groups attached to an aromatic ring is 2. The van der Waals surface area contributed by atoms with Gasteiger partial charge in [0.25, 0.3) is 5.91 Å². The van der Waals surface area contributed by atoms with E-state index >= 15 is 28.8 Å². The number of carboxylic acids is 1. The summed E-state index contributed by atoms with van der Waals surface area (Å²) in [7, 11) is 5.23. The van der Waals surface area contributed by atoms with Crippen molar-refractivity contribution >= 4 is 99.7 Å². The van der Waals surface area contributed by atoms with Crippen LogP contribution in [0.5, 0.6) is 0 Å². The van der Waals surface area contributed by atoms with Crippen LogP contribution >= 0.6 is 0 Å². The molecule has 0 saturated carbocycles. The zero-order valence-corrected chi connectivity index (χ0v) is 50.6. The Hall–Kier alpha value is -9.59. The number of methoxy groups -OCH3 is 6. The largest absolute Gasteiger partial charge is 0.481 e. The van der Waals surface area contributed by atoms with E-state index in [1.165, 1.54) is 42.5 Å². The number of ketones is 3. The summed E-state index contributed by atoms with van der Waals surface area (Å²) >= 11 is 0. The standard InChI is InChI=1S/C59H77N11O20/c1-85-51(79)36(60)19-24-41(71)58(35(50(77)78)29-32-11-8-7-9-12-32,42(72)26-23-40(55(83)89-5)67-49(76)33-17-15-31(16-18-33)13-10-14-34-30-66-48-46(34)47(64)68-57(65)69-48)59(56(84)90-6,43(73)25-20-37(61)52(80)86-2)70(44(74)27-21-38(62)53(81)87-3)45(75)28-22-39(63)54(82)88-4/h7-9,11-12,15-18,30,35-40H,10,13-14,19-29,60-63H2,1-6H3,(H,67,76)(H,77,78)(H5,64,65,66,68,69)/t35?,36-,37-,38-,39-,40-,58?,59+/m0/s1. The lowest BCUT2D eigenvalue weighted by Gasteiger charge is -2.52. The van der Waals surface area contributed by atoms with Crippen LogP contribution in [0.1, 0.15) is 97.7 Å². The normalized spacial score (nSPS) is 14.5. The van der Waals surface area contributed by atoms with Crippen LogP contribution in [0, 0.1) is 11.3 Å². The summed E-state index contributed by atoms with van der Waals surface area (Å²) in [6.45, 7) is 0.